The van der Waals surface area contributed by atoms with Crippen molar-refractivity contribution in [1.29, 1.82) is 0 Å². The minimum Gasteiger partial charge on any atom is -0.333 e. The molecule has 0 spiro atoms. The van der Waals surface area contributed by atoms with Gasteiger partial charge in [-0.25, -0.2) is 4.98 Å². The molecule has 6 nitrogen and oxygen atoms in total. The fourth-order valence-corrected chi connectivity index (χ4v) is 2.52. The number of rotatable bonds is 4. The maximum absolute atomic E-state index is 11.0. The fraction of sp³-hybridized carbons (Fsp3) is 0.143. The van der Waals surface area contributed by atoms with Crippen LogP contribution < -0.4 is 5.32 Å². The lowest BCUT2D eigenvalue weighted by molar-refractivity contribution is -0.116. The van der Waals surface area contributed by atoms with E-state index in [1.54, 1.807) is 18.7 Å². The van der Waals surface area contributed by atoms with Crippen LogP contribution in [0, 0.1) is 0 Å². The second-order valence-electron chi connectivity index (χ2n) is 4.47. The van der Waals surface area contributed by atoms with Crippen molar-refractivity contribution in [2.24, 2.45) is 10.2 Å². The summed E-state index contributed by atoms with van der Waals surface area (Å²) in [6.45, 7) is 0.766. The average molecular weight is 299 g/mol. The maximum Gasteiger partial charge on any atom is 0.236 e. The Kier molecular flexibility index (Phi) is 4.11. The fourth-order valence-electron chi connectivity index (χ4n) is 1.89. The third-order valence-corrected chi connectivity index (χ3v) is 3.68. The molecule has 1 saturated heterocycles. The van der Waals surface area contributed by atoms with Crippen LogP contribution >= 0.6 is 11.8 Å². The number of amides is 1. The Morgan fingerprint density at radius 1 is 1.48 bits per heavy atom. The Labute approximate surface area is 126 Å². The third kappa shape index (κ3) is 3.79. The van der Waals surface area contributed by atoms with Crippen molar-refractivity contribution in [2.45, 2.75) is 6.54 Å². The first kappa shape index (κ1) is 13.6. The topological polar surface area (TPSA) is 71.6 Å². The number of carbonyl (C=O) groups is 1. The predicted molar refractivity (Wildman–Crippen MR) is 83.4 cm³/mol. The predicted octanol–water partition coefficient (Wildman–Crippen LogP) is 1.48. The van der Waals surface area contributed by atoms with Gasteiger partial charge in [0.1, 0.15) is 0 Å². The Morgan fingerprint density at radius 2 is 2.43 bits per heavy atom. The quantitative estimate of drug-likeness (QED) is 0.686. The first-order valence-corrected chi connectivity index (χ1v) is 7.36. The molecule has 0 radical (unpaired) electrons. The van der Waals surface area contributed by atoms with Gasteiger partial charge in [0.15, 0.2) is 5.17 Å². The van der Waals surface area contributed by atoms with E-state index >= 15 is 0 Å². The number of hydrogen-bond acceptors (Lipinski definition) is 5. The summed E-state index contributed by atoms with van der Waals surface area (Å²) in [6, 6.07) is 8.04. The van der Waals surface area contributed by atoms with Crippen LogP contribution in [-0.4, -0.2) is 32.6 Å². The van der Waals surface area contributed by atoms with Gasteiger partial charge in [0.25, 0.3) is 0 Å². The smallest absolute Gasteiger partial charge is 0.236 e. The minimum atomic E-state index is -0.0312. The zero-order chi connectivity index (χ0) is 14.5. The number of aromatic nitrogens is 2. The largest absolute Gasteiger partial charge is 0.333 e. The molecule has 1 aliphatic rings. The minimum absolute atomic E-state index is 0.0312. The molecular formula is C14H13N5OS. The van der Waals surface area contributed by atoms with Crippen molar-refractivity contribution >= 4 is 29.1 Å². The lowest BCUT2D eigenvalue weighted by Crippen LogP contribution is -2.19. The first-order valence-electron chi connectivity index (χ1n) is 6.38. The normalized spacial score (nSPS) is 16.8. The number of nitrogens with zero attached hydrogens (tertiary/aromatic N) is 4. The average Bonchev–Trinajstić information content (AvgIpc) is 3.11. The summed E-state index contributed by atoms with van der Waals surface area (Å²) < 4.78 is 2.00. The second kappa shape index (κ2) is 6.36. The van der Waals surface area contributed by atoms with Gasteiger partial charge in [-0.2, -0.15) is 5.10 Å². The first-order chi connectivity index (χ1) is 10.3. The second-order valence-corrected chi connectivity index (χ2v) is 5.43. The molecule has 21 heavy (non-hydrogen) atoms. The number of nitrogens with one attached hydrogen (secondary N) is 1. The molecule has 1 amide bonds. The van der Waals surface area contributed by atoms with Crippen LogP contribution in [0.4, 0.5) is 0 Å². The molecule has 7 heteroatoms. The monoisotopic (exact) mass is 299 g/mol. The molecule has 0 aliphatic carbocycles. The lowest BCUT2D eigenvalue weighted by atomic mass is 10.1. The molecule has 3 rings (SSSR count). The molecule has 1 aliphatic heterocycles. The van der Waals surface area contributed by atoms with Crippen molar-refractivity contribution < 1.29 is 4.79 Å². The number of imidazole rings is 1. The van der Waals surface area contributed by atoms with Crippen LogP contribution in [0.15, 0.2) is 53.2 Å². The molecular weight excluding hydrogens is 286 g/mol. The van der Waals surface area contributed by atoms with Crippen molar-refractivity contribution in [3.05, 3.63) is 54.1 Å². The summed E-state index contributed by atoms with van der Waals surface area (Å²) in [6.07, 6.45) is 7.14. The Morgan fingerprint density at radius 3 is 3.19 bits per heavy atom. The molecule has 2 aromatic rings. The molecule has 0 unspecified atom stereocenters. The standard InChI is InChI=1S/C14H13N5OS/c20-13-9-21-14(17-13)18-16-7-11-2-1-3-12(6-11)8-19-5-4-15-10-19/h1-7,10H,8-9H2,(H,17,18,20). The molecule has 1 aromatic carbocycles. The third-order valence-electron chi connectivity index (χ3n) is 2.82. The number of amidine groups is 1. The van der Waals surface area contributed by atoms with Gasteiger partial charge in [0.05, 0.1) is 18.3 Å². The molecule has 2 heterocycles. The van der Waals surface area contributed by atoms with E-state index in [0.29, 0.717) is 10.9 Å². The van der Waals surface area contributed by atoms with Crippen LogP contribution in [0.25, 0.3) is 0 Å². The summed E-state index contributed by atoms with van der Waals surface area (Å²) in [5.41, 5.74) is 2.12. The highest BCUT2D eigenvalue weighted by atomic mass is 32.2. The zero-order valence-electron chi connectivity index (χ0n) is 11.1. The van der Waals surface area contributed by atoms with E-state index < -0.39 is 0 Å². The molecule has 1 fully saturated rings. The number of hydrogen-bond donors (Lipinski definition) is 1. The Hall–Kier alpha value is -2.41. The van der Waals surface area contributed by atoms with E-state index in [9.17, 15) is 4.79 Å². The van der Waals surface area contributed by atoms with Crippen LogP contribution in [0.3, 0.4) is 0 Å². The Bertz CT molecular complexity index is 693. The van der Waals surface area contributed by atoms with Crippen molar-refractivity contribution in [3.8, 4) is 0 Å². The number of benzene rings is 1. The van der Waals surface area contributed by atoms with E-state index in [1.165, 1.54) is 11.8 Å². The van der Waals surface area contributed by atoms with Gasteiger partial charge >= 0.3 is 0 Å². The molecule has 0 atom stereocenters. The summed E-state index contributed by atoms with van der Waals surface area (Å²) in [4.78, 5) is 15.0. The molecule has 0 saturated carbocycles. The van der Waals surface area contributed by atoms with Gasteiger partial charge in [-0.05, 0) is 17.2 Å². The molecule has 1 N–H and O–H groups in total. The van der Waals surface area contributed by atoms with Crippen molar-refractivity contribution in [1.82, 2.24) is 14.9 Å². The maximum atomic E-state index is 11.0. The van der Waals surface area contributed by atoms with Gasteiger partial charge < -0.3 is 9.88 Å². The molecule has 0 bridgehead atoms. The molecule has 1 aromatic heterocycles. The van der Waals surface area contributed by atoms with Crippen LogP contribution in [0.5, 0.6) is 0 Å². The van der Waals surface area contributed by atoms with Crippen LogP contribution in [0.2, 0.25) is 0 Å². The Balaban J connectivity index is 1.67. The summed E-state index contributed by atoms with van der Waals surface area (Å²) in [5.74, 6) is 0.380. The highest BCUT2D eigenvalue weighted by Gasteiger charge is 2.15. The van der Waals surface area contributed by atoms with Crippen LogP contribution in [0.1, 0.15) is 11.1 Å². The van der Waals surface area contributed by atoms with Gasteiger partial charge in [-0.3, -0.25) is 4.79 Å². The summed E-state index contributed by atoms with van der Waals surface area (Å²) in [7, 11) is 0. The molecule has 106 valence electrons. The van der Waals surface area contributed by atoms with Gasteiger partial charge in [0.2, 0.25) is 5.91 Å². The van der Waals surface area contributed by atoms with Crippen molar-refractivity contribution in [2.75, 3.05) is 5.75 Å². The summed E-state index contributed by atoms with van der Waals surface area (Å²) >= 11 is 1.36. The van der Waals surface area contributed by atoms with Gasteiger partial charge in [-0.15, -0.1) is 5.10 Å². The number of thioether (sulfide) groups is 1. The van der Waals surface area contributed by atoms with E-state index in [2.05, 4.69) is 26.6 Å². The van der Waals surface area contributed by atoms with Gasteiger partial charge in [-0.1, -0.05) is 30.0 Å². The van der Waals surface area contributed by atoms with Gasteiger partial charge in [0, 0.05) is 18.9 Å². The van der Waals surface area contributed by atoms with E-state index in [1.807, 2.05) is 29.0 Å². The number of carbonyl (C=O) groups excluding carboxylic acids is 1. The van der Waals surface area contributed by atoms with E-state index in [0.717, 1.165) is 17.7 Å². The van der Waals surface area contributed by atoms with Crippen molar-refractivity contribution in [3.63, 3.8) is 0 Å². The summed E-state index contributed by atoms with van der Waals surface area (Å²) in [5, 5.41) is 11.2. The van der Waals surface area contributed by atoms with Crippen LogP contribution in [-0.2, 0) is 11.3 Å². The highest BCUT2D eigenvalue weighted by Crippen LogP contribution is 2.09. The van der Waals surface area contributed by atoms with E-state index in [-0.39, 0.29) is 5.91 Å². The lowest BCUT2D eigenvalue weighted by Gasteiger charge is -2.03. The highest BCUT2D eigenvalue weighted by molar-refractivity contribution is 8.15. The SMILES string of the molecule is O=C1CSC(=NN=Cc2cccc(Cn3ccnc3)c2)N1. The zero-order valence-corrected chi connectivity index (χ0v) is 12.0. The van der Waals surface area contributed by atoms with E-state index in [4.69, 9.17) is 0 Å².